The summed E-state index contributed by atoms with van der Waals surface area (Å²) in [5.41, 5.74) is -0.631. The van der Waals surface area contributed by atoms with Crippen LogP contribution in [0.4, 0.5) is 0 Å². The number of hydrogen-bond donors (Lipinski definition) is 0. The van der Waals surface area contributed by atoms with Gasteiger partial charge in [-0.2, -0.15) is 0 Å². The Balaban J connectivity index is 2.11. The molecular formula is C16H22O2. The first-order valence-corrected chi connectivity index (χ1v) is 7.10. The molecule has 2 heteroatoms. The fourth-order valence-corrected chi connectivity index (χ4v) is 5.38. The molecule has 18 heavy (non-hydrogen) atoms. The fourth-order valence-electron chi connectivity index (χ4n) is 5.38. The largest absolute Gasteiger partial charge is 0.454 e. The summed E-state index contributed by atoms with van der Waals surface area (Å²) in [4.78, 5) is 12.4. The molecule has 0 radical (unpaired) electrons. The number of ether oxygens (including phenoxy) is 1. The Kier molecular flexibility index (Phi) is 2.33. The third-order valence-corrected chi connectivity index (χ3v) is 5.98. The molecule has 3 rings (SSSR count). The zero-order valence-electron chi connectivity index (χ0n) is 11.3. The van der Waals surface area contributed by atoms with E-state index in [4.69, 9.17) is 4.74 Å². The van der Waals surface area contributed by atoms with E-state index in [9.17, 15) is 4.79 Å². The Hall–Kier alpha value is -1.05. The third kappa shape index (κ3) is 0.964. The van der Waals surface area contributed by atoms with E-state index in [1.54, 1.807) is 0 Å². The average molecular weight is 246 g/mol. The summed E-state index contributed by atoms with van der Waals surface area (Å²) in [5, 5.41) is 0. The summed E-state index contributed by atoms with van der Waals surface area (Å²) in [7, 11) is 0. The molecule has 3 fully saturated rings. The van der Waals surface area contributed by atoms with Crippen LogP contribution in [-0.4, -0.2) is 11.6 Å². The second-order valence-corrected chi connectivity index (χ2v) is 6.12. The van der Waals surface area contributed by atoms with Crippen molar-refractivity contribution in [3.8, 4) is 0 Å². The Morgan fingerprint density at radius 3 is 2.67 bits per heavy atom. The molecule has 3 aliphatic rings. The Bertz CT molecular complexity index is 427. The van der Waals surface area contributed by atoms with Crippen molar-refractivity contribution in [2.24, 2.45) is 29.1 Å². The Labute approximate surface area is 109 Å². The SMILES string of the molecule is C=C[C@@H]1C[C@@]2(C=C)OC(=O)[C@]3(CC)C2C1[C@H]3CC. The van der Waals surface area contributed by atoms with Crippen LogP contribution in [0.2, 0.25) is 0 Å². The first-order chi connectivity index (χ1) is 8.61. The normalized spacial score (nSPS) is 52.4. The van der Waals surface area contributed by atoms with Crippen molar-refractivity contribution in [1.29, 1.82) is 0 Å². The molecule has 1 heterocycles. The number of carbonyl (C=O) groups excluding carboxylic acids is 1. The number of esters is 1. The summed E-state index contributed by atoms with van der Waals surface area (Å²) in [6, 6.07) is 0. The van der Waals surface area contributed by atoms with Crippen LogP contribution >= 0.6 is 0 Å². The molecule has 2 unspecified atom stereocenters. The van der Waals surface area contributed by atoms with Gasteiger partial charge >= 0.3 is 5.97 Å². The first kappa shape index (κ1) is 12.0. The Morgan fingerprint density at radius 1 is 1.44 bits per heavy atom. The second-order valence-electron chi connectivity index (χ2n) is 6.12. The van der Waals surface area contributed by atoms with Crippen LogP contribution in [0.3, 0.4) is 0 Å². The van der Waals surface area contributed by atoms with Crippen LogP contribution in [0.5, 0.6) is 0 Å². The smallest absolute Gasteiger partial charge is 0.313 e. The number of hydrogen-bond acceptors (Lipinski definition) is 2. The van der Waals surface area contributed by atoms with Crippen LogP contribution < -0.4 is 0 Å². The van der Waals surface area contributed by atoms with Gasteiger partial charge in [0, 0.05) is 5.92 Å². The number of carbonyl (C=O) groups is 1. The van der Waals surface area contributed by atoms with Gasteiger partial charge in [0.25, 0.3) is 0 Å². The fraction of sp³-hybridized carbons (Fsp3) is 0.688. The molecule has 1 saturated heterocycles. The van der Waals surface area contributed by atoms with Gasteiger partial charge in [0.05, 0.1) is 5.41 Å². The van der Waals surface area contributed by atoms with Gasteiger partial charge in [-0.25, -0.2) is 0 Å². The number of rotatable bonds is 4. The van der Waals surface area contributed by atoms with Gasteiger partial charge in [0.2, 0.25) is 0 Å². The molecule has 0 spiro atoms. The van der Waals surface area contributed by atoms with E-state index >= 15 is 0 Å². The first-order valence-electron chi connectivity index (χ1n) is 7.10. The topological polar surface area (TPSA) is 26.3 Å². The lowest BCUT2D eigenvalue weighted by atomic mass is 9.44. The van der Waals surface area contributed by atoms with E-state index in [1.807, 2.05) is 6.08 Å². The van der Waals surface area contributed by atoms with Gasteiger partial charge in [0.1, 0.15) is 5.60 Å². The molecule has 1 aliphatic heterocycles. The minimum atomic E-state index is -0.401. The summed E-state index contributed by atoms with van der Waals surface area (Å²) in [5.74, 6) is 1.88. The lowest BCUT2D eigenvalue weighted by Gasteiger charge is -2.55. The maximum atomic E-state index is 12.4. The van der Waals surface area contributed by atoms with Crippen molar-refractivity contribution < 1.29 is 9.53 Å². The zero-order chi connectivity index (χ0) is 13.1. The minimum absolute atomic E-state index is 0.0283. The molecule has 0 amide bonds. The van der Waals surface area contributed by atoms with Crippen molar-refractivity contribution in [2.45, 2.75) is 38.7 Å². The van der Waals surface area contributed by atoms with Crippen LogP contribution in [0.25, 0.3) is 0 Å². The molecule has 0 N–H and O–H groups in total. The highest BCUT2D eigenvalue weighted by molar-refractivity contribution is 5.84. The summed E-state index contributed by atoms with van der Waals surface area (Å²) in [6.07, 6.45) is 6.78. The predicted octanol–water partition coefficient (Wildman–Crippen LogP) is 3.34. The van der Waals surface area contributed by atoms with Gasteiger partial charge in [-0.05, 0) is 36.7 Å². The molecule has 2 nitrogen and oxygen atoms in total. The number of allylic oxidation sites excluding steroid dienone is 1. The van der Waals surface area contributed by atoms with Crippen LogP contribution in [-0.2, 0) is 9.53 Å². The van der Waals surface area contributed by atoms with E-state index in [0.717, 1.165) is 19.3 Å². The van der Waals surface area contributed by atoms with E-state index in [-0.39, 0.29) is 11.4 Å². The predicted molar refractivity (Wildman–Crippen MR) is 70.8 cm³/mol. The van der Waals surface area contributed by atoms with Crippen molar-refractivity contribution in [2.75, 3.05) is 0 Å². The standard InChI is InChI=1S/C16H22O2/c1-5-10-9-15(7-3)13-12(10)11(6-2)16(13,8-4)14(17)18-15/h5,7,10-13H,1,3,6,8-9H2,2,4H3/t10-,11-,12?,13?,15-,16+/m1/s1. The van der Waals surface area contributed by atoms with Gasteiger partial charge < -0.3 is 4.74 Å². The summed E-state index contributed by atoms with van der Waals surface area (Å²) in [6.45, 7) is 12.2. The van der Waals surface area contributed by atoms with E-state index in [1.165, 1.54) is 0 Å². The molecular weight excluding hydrogens is 224 g/mol. The molecule has 2 saturated carbocycles. The van der Waals surface area contributed by atoms with Crippen LogP contribution in [0.15, 0.2) is 25.3 Å². The quantitative estimate of drug-likeness (QED) is 0.561. The third-order valence-electron chi connectivity index (χ3n) is 5.98. The molecule has 98 valence electrons. The molecule has 0 bridgehead atoms. The van der Waals surface area contributed by atoms with Gasteiger partial charge in [-0.1, -0.05) is 32.9 Å². The van der Waals surface area contributed by atoms with Crippen molar-refractivity contribution >= 4 is 5.97 Å². The molecule has 6 atom stereocenters. The van der Waals surface area contributed by atoms with E-state index in [0.29, 0.717) is 23.7 Å². The minimum Gasteiger partial charge on any atom is -0.454 e. The van der Waals surface area contributed by atoms with E-state index < -0.39 is 5.60 Å². The highest BCUT2D eigenvalue weighted by atomic mass is 16.6. The maximum Gasteiger partial charge on any atom is 0.313 e. The highest BCUT2D eigenvalue weighted by Gasteiger charge is 2.80. The zero-order valence-corrected chi connectivity index (χ0v) is 11.3. The molecule has 0 aromatic rings. The van der Waals surface area contributed by atoms with Crippen molar-refractivity contribution in [3.05, 3.63) is 25.3 Å². The lowest BCUT2D eigenvalue weighted by Crippen LogP contribution is -2.59. The molecule has 2 aliphatic carbocycles. The van der Waals surface area contributed by atoms with Gasteiger partial charge in [-0.15, -0.1) is 6.58 Å². The van der Waals surface area contributed by atoms with Crippen molar-refractivity contribution in [1.82, 2.24) is 0 Å². The Morgan fingerprint density at radius 2 is 2.17 bits per heavy atom. The lowest BCUT2D eigenvalue weighted by molar-refractivity contribution is -0.166. The molecule has 0 aromatic heterocycles. The molecule has 0 aromatic carbocycles. The average Bonchev–Trinajstić information content (AvgIpc) is 2.73. The highest BCUT2D eigenvalue weighted by Crippen LogP contribution is 2.75. The maximum absolute atomic E-state index is 12.4. The van der Waals surface area contributed by atoms with Crippen LogP contribution in [0, 0.1) is 29.1 Å². The van der Waals surface area contributed by atoms with Crippen molar-refractivity contribution in [3.63, 3.8) is 0 Å². The van der Waals surface area contributed by atoms with Gasteiger partial charge in [-0.3, -0.25) is 4.79 Å². The van der Waals surface area contributed by atoms with E-state index in [2.05, 4.69) is 33.1 Å². The second kappa shape index (κ2) is 3.49. The summed E-state index contributed by atoms with van der Waals surface area (Å²) < 4.78 is 5.83. The van der Waals surface area contributed by atoms with Crippen LogP contribution in [0.1, 0.15) is 33.1 Å². The van der Waals surface area contributed by atoms with Gasteiger partial charge in [0.15, 0.2) is 0 Å². The summed E-state index contributed by atoms with van der Waals surface area (Å²) >= 11 is 0. The monoisotopic (exact) mass is 246 g/mol.